The van der Waals surface area contributed by atoms with Crippen LogP contribution in [0.4, 0.5) is 0 Å². The van der Waals surface area contributed by atoms with E-state index in [1.54, 1.807) is 0 Å². The highest BCUT2D eigenvalue weighted by Crippen LogP contribution is 2.29. The Morgan fingerprint density at radius 1 is 1.32 bits per heavy atom. The molecule has 1 unspecified atom stereocenters. The first-order valence-corrected chi connectivity index (χ1v) is 6.98. The minimum atomic E-state index is -0.0771. The van der Waals surface area contributed by atoms with Crippen LogP contribution in [0.3, 0.4) is 0 Å². The molecule has 0 aromatic heterocycles. The Hall–Kier alpha value is -1.55. The molecule has 1 amide bonds. The van der Waals surface area contributed by atoms with E-state index in [2.05, 4.69) is 5.32 Å². The number of nitrogens with one attached hydrogen (secondary N) is 1. The fraction of sp³-hybridized carbons (Fsp3) is 0.533. The van der Waals surface area contributed by atoms with Crippen LogP contribution < -0.4 is 10.1 Å². The molecule has 102 valence electrons. The summed E-state index contributed by atoms with van der Waals surface area (Å²) in [6.07, 6.45) is 4.76. The van der Waals surface area contributed by atoms with Crippen molar-refractivity contribution in [1.29, 1.82) is 0 Å². The van der Waals surface area contributed by atoms with Crippen molar-refractivity contribution in [2.24, 2.45) is 0 Å². The molecule has 2 aliphatic rings. The first-order chi connectivity index (χ1) is 9.33. The van der Waals surface area contributed by atoms with E-state index in [-0.39, 0.29) is 12.0 Å². The first-order valence-electron chi connectivity index (χ1n) is 6.98. The summed E-state index contributed by atoms with van der Waals surface area (Å²) in [4.78, 5) is 12.2. The number of benzene rings is 1. The first kappa shape index (κ1) is 12.5. The lowest BCUT2D eigenvalue weighted by Crippen LogP contribution is -2.32. The van der Waals surface area contributed by atoms with Crippen LogP contribution in [0.2, 0.25) is 0 Å². The molecule has 4 heteroatoms. The number of ether oxygens (including phenoxy) is 2. The summed E-state index contributed by atoms with van der Waals surface area (Å²) in [5, 5.41) is 2.93. The van der Waals surface area contributed by atoms with Gasteiger partial charge in [-0.25, -0.2) is 0 Å². The van der Waals surface area contributed by atoms with E-state index >= 15 is 0 Å². The number of para-hydroxylation sites is 1. The third-order valence-electron chi connectivity index (χ3n) is 3.46. The predicted molar refractivity (Wildman–Crippen MR) is 71.4 cm³/mol. The Balaban J connectivity index is 1.61. The smallest absolute Gasteiger partial charge is 0.255 e. The van der Waals surface area contributed by atoms with Crippen molar-refractivity contribution >= 4 is 5.91 Å². The molecule has 1 aromatic carbocycles. The monoisotopic (exact) mass is 261 g/mol. The number of hydrogen-bond donors (Lipinski definition) is 1. The van der Waals surface area contributed by atoms with Gasteiger partial charge in [-0.1, -0.05) is 12.1 Å². The van der Waals surface area contributed by atoms with Gasteiger partial charge in [0.1, 0.15) is 5.75 Å². The number of amides is 1. The van der Waals surface area contributed by atoms with Gasteiger partial charge in [-0.2, -0.15) is 0 Å². The lowest BCUT2D eigenvalue weighted by molar-refractivity contribution is 0.0854. The van der Waals surface area contributed by atoms with E-state index < -0.39 is 0 Å². The second-order valence-corrected chi connectivity index (χ2v) is 5.16. The van der Waals surface area contributed by atoms with Crippen LogP contribution in [0.1, 0.15) is 36.0 Å². The highest BCUT2D eigenvalue weighted by molar-refractivity contribution is 5.96. The zero-order chi connectivity index (χ0) is 13.1. The quantitative estimate of drug-likeness (QED) is 0.883. The minimum Gasteiger partial charge on any atom is -0.490 e. The van der Waals surface area contributed by atoms with Crippen LogP contribution in [0.5, 0.6) is 5.75 Å². The Morgan fingerprint density at radius 2 is 2.16 bits per heavy atom. The average Bonchev–Trinajstić information content (AvgIpc) is 3.09. The second kappa shape index (κ2) is 5.61. The van der Waals surface area contributed by atoms with Crippen LogP contribution in [0.25, 0.3) is 0 Å². The molecule has 0 spiro atoms. The van der Waals surface area contributed by atoms with Crippen molar-refractivity contribution in [3.63, 3.8) is 0 Å². The van der Waals surface area contributed by atoms with E-state index in [0.717, 1.165) is 32.3 Å². The molecule has 1 aliphatic heterocycles. The number of rotatable bonds is 5. The van der Waals surface area contributed by atoms with Gasteiger partial charge in [-0.3, -0.25) is 4.79 Å². The zero-order valence-corrected chi connectivity index (χ0v) is 10.9. The molecule has 4 nitrogen and oxygen atoms in total. The zero-order valence-electron chi connectivity index (χ0n) is 10.9. The van der Waals surface area contributed by atoms with Crippen molar-refractivity contribution in [3.8, 4) is 5.75 Å². The summed E-state index contributed by atoms with van der Waals surface area (Å²) in [6.45, 7) is 1.39. The van der Waals surface area contributed by atoms with Gasteiger partial charge in [-0.15, -0.1) is 0 Å². The molecule has 0 radical (unpaired) electrons. The van der Waals surface area contributed by atoms with Crippen molar-refractivity contribution in [3.05, 3.63) is 29.8 Å². The van der Waals surface area contributed by atoms with Gasteiger partial charge >= 0.3 is 0 Å². The van der Waals surface area contributed by atoms with E-state index in [0.29, 0.717) is 24.0 Å². The van der Waals surface area contributed by atoms with Crippen LogP contribution in [-0.4, -0.2) is 31.3 Å². The Bertz CT molecular complexity index is 450. The summed E-state index contributed by atoms with van der Waals surface area (Å²) in [6, 6.07) is 7.43. The summed E-state index contributed by atoms with van der Waals surface area (Å²) in [7, 11) is 0. The lowest BCUT2D eigenvalue weighted by Gasteiger charge is -2.13. The number of hydrogen-bond acceptors (Lipinski definition) is 3. The van der Waals surface area contributed by atoms with Gasteiger partial charge in [0.05, 0.1) is 17.8 Å². The Labute approximate surface area is 113 Å². The lowest BCUT2D eigenvalue weighted by atomic mass is 10.1. The fourth-order valence-corrected chi connectivity index (χ4v) is 2.23. The van der Waals surface area contributed by atoms with Crippen LogP contribution in [0, 0.1) is 0 Å². The second-order valence-electron chi connectivity index (χ2n) is 5.16. The highest BCUT2D eigenvalue weighted by Gasteiger charge is 2.25. The molecule has 1 atom stereocenters. The molecule has 1 saturated heterocycles. The average molecular weight is 261 g/mol. The fourth-order valence-electron chi connectivity index (χ4n) is 2.23. The van der Waals surface area contributed by atoms with Gasteiger partial charge in [-0.05, 0) is 37.8 Å². The van der Waals surface area contributed by atoms with Gasteiger partial charge in [0.15, 0.2) is 0 Å². The summed E-state index contributed by atoms with van der Waals surface area (Å²) in [5.41, 5.74) is 0.618. The molecule has 19 heavy (non-hydrogen) atoms. The van der Waals surface area contributed by atoms with Crippen molar-refractivity contribution < 1.29 is 14.3 Å². The number of carbonyl (C=O) groups is 1. The summed E-state index contributed by atoms with van der Waals surface area (Å²) >= 11 is 0. The molecule has 1 aliphatic carbocycles. The number of carbonyl (C=O) groups excluding carboxylic acids is 1. The topological polar surface area (TPSA) is 47.6 Å². The predicted octanol–water partition coefficient (Wildman–Crippen LogP) is 2.14. The third kappa shape index (κ3) is 3.26. The van der Waals surface area contributed by atoms with Crippen LogP contribution in [0.15, 0.2) is 24.3 Å². The maximum atomic E-state index is 12.2. The minimum absolute atomic E-state index is 0.0771. The van der Waals surface area contributed by atoms with Crippen molar-refractivity contribution in [2.75, 3.05) is 13.2 Å². The Morgan fingerprint density at radius 3 is 2.89 bits per heavy atom. The van der Waals surface area contributed by atoms with E-state index in [1.807, 2.05) is 24.3 Å². The molecule has 1 saturated carbocycles. The largest absolute Gasteiger partial charge is 0.490 e. The standard InChI is InChI=1S/C15H19NO3/c17-15(16-10-12-4-3-9-18-12)13-5-1-2-6-14(13)19-11-7-8-11/h1-2,5-6,11-12H,3-4,7-10H2,(H,16,17). The molecule has 2 fully saturated rings. The van der Waals surface area contributed by atoms with Gasteiger partial charge in [0.25, 0.3) is 5.91 Å². The van der Waals surface area contributed by atoms with Gasteiger partial charge in [0, 0.05) is 13.2 Å². The van der Waals surface area contributed by atoms with E-state index in [1.165, 1.54) is 0 Å². The van der Waals surface area contributed by atoms with Crippen LogP contribution >= 0.6 is 0 Å². The summed E-state index contributed by atoms with van der Waals surface area (Å²) < 4.78 is 11.3. The molecule has 1 N–H and O–H groups in total. The molecule has 1 heterocycles. The molecule has 0 bridgehead atoms. The summed E-state index contributed by atoms with van der Waals surface area (Å²) in [5.74, 6) is 0.613. The SMILES string of the molecule is O=C(NCC1CCCO1)c1ccccc1OC1CC1. The van der Waals surface area contributed by atoms with E-state index in [9.17, 15) is 4.79 Å². The normalized spacial score (nSPS) is 22.2. The Kier molecular flexibility index (Phi) is 3.69. The molecule has 3 rings (SSSR count). The molecule has 1 aromatic rings. The van der Waals surface area contributed by atoms with Gasteiger partial charge in [0.2, 0.25) is 0 Å². The van der Waals surface area contributed by atoms with Gasteiger partial charge < -0.3 is 14.8 Å². The van der Waals surface area contributed by atoms with Crippen molar-refractivity contribution in [2.45, 2.75) is 37.9 Å². The molecular formula is C15H19NO3. The third-order valence-corrected chi connectivity index (χ3v) is 3.46. The van der Waals surface area contributed by atoms with E-state index in [4.69, 9.17) is 9.47 Å². The maximum Gasteiger partial charge on any atom is 0.255 e. The highest BCUT2D eigenvalue weighted by atomic mass is 16.5. The maximum absolute atomic E-state index is 12.2. The van der Waals surface area contributed by atoms with Crippen LogP contribution in [-0.2, 0) is 4.74 Å². The molecular weight excluding hydrogens is 242 g/mol. The van der Waals surface area contributed by atoms with Crippen molar-refractivity contribution in [1.82, 2.24) is 5.32 Å².